The Balaban J connectivity index is 1.57. The Kier molecular flexibility index (Phi) is 4.05. The van der Waals surface area contributed by atoms with Crippen LogP contribution in [0, 0.1) is 6.92 Å². The summed E-state index contributed by atoms with van der Waals surface area (Å²) in [6.07, 6.45) is 1.76. The van der Waals surface area contributed by atoms with Gasteiger partial charge in [0.2, 0.25) is 0 Å². The van der Waals surface area contributed by atoms with E-state index in [9.17, 15) is 4.79 Å². The van der Waals surface area contributed by atoms with Crippen molar-refractivity contribution >= 4 is 17.5 Å². The van der Waals surface area contributed by atoms with Gasteiger partial charge in [-0.3, -0.25) is 4.79 Å². The number of aryl methyl sites for hydroxylation is 1. The van der Waals surface area contributed by atoms with Crippen molar-refractivity contribution in [1.29, 1.82) is 0 Å². The Labute approximate surface area is 149 Å². The molecule has 0 N–H and O–H groups in total. The fourth-order valence-corrected chi connectivity index (χ4v) is 3.25. The first-order chi connectivity index (χ1) is 12.1. The van der Waals surface area contributed by atoms with E-state index in [0.717, 1.165) is 24.1 Å². The summed E-state index contributed by atoms with van der Waals surface area (Å²) in [5.74, 6) is 1.08. The molecule has 0 spiro atoms. The minimum atomic E-state index is -0.166. The molecule has 0 aliphatic carbocycles. The highest BCUT2D eigenvalue weighted by atomic mass is 35.5. The average Bonchev–Trinajstić information content (AvgIpc) is 3.35. The Bertz CT molecular complexity index is 900. The van der Waals surface area contributed by atoms with Gasteiger partial charge in [0.25, 0.3) is 5.91 Å². The van der Waals surface area contributed by atoms with E-state index in [0.29, 0.717) is 23.1 Å². The molecule has 1 aromatic carbocycles. The first kappa shape index (κ1) is 15.9. The van der Waals surface area contributed by atoms with E-state index in [1.807, 2.05) is 25.1 Å². The highest BCUT2D eigenvalue weighted by Crippen LogP contribution is 2.34. The molecule has 0 bridgehead atoms. The quantitative estimate of drug-likeness (QED) is 0.700. The SMILES string of the molecule is Cc1cc(C2CCCN2C(=O)c2cc(-c3ccc(Cl)cc3)on2)on1. The van der Waals surface area contributed by atoms with E-state index in [4.69, 9.17) is 20.6 Å². The van der Waals surface area contributed by atoms with Crippen molar-refractivity contribution < 1.29 is 13.8 Å². The maximum atomic E-state index is 12.9. The van der Waals surface area contributed by atoms with Crippen LogP contribution in [0.3, 0.4) is 0 Å². The van der Waals surface area contributed by atoms with Crippen LogP contribution < -0.4 is 0 Å². The minimum absolute atomic E-state index is 0.107. The third-order valence-corrected chi connectivity index (χ3v) is 4.60. The molecule has 1 unspecified atom stereocenters. The largest absolute Gasteiger partial charge is 0.359 e. The molecule has 1 aliphatic heterocycles. The average molecular weight is 358 g/mol. The summed E-state index contributed by atoms with van der Waals surface area (Å²) in [4.78, 5) is 14.6. The van der Waals surface area contributed by atoms with E-state index in [-0.39, 0.29) is 17.6 Å². The van der Waals surface area contributed by atoms with E-state index in [1.165, 1.54) is 0 Å². The van der Waals surface area contributed by atoms with Crippen molar-refractivity contribution in [3.05, 3.63) is 58.6 Å². The molecule has 128 valence electrons. The zero-order chi connectivity index (χ0) is 17.4. The molecular formula is C18H16ClN3O3. The number of hydrogen-bond donors (Lipinski definition) is 0. The Hall–Kier alpha value is -2.60. The lowest BCUT2D eigenvalue weighted by atomic mass is 10.1. The molecule has 25 heavy (non-hydrogen) atoms. The van der Waals surface area contributed by atoms with Gasteiger partial charge >= 0.3 is 0 Å². The van der Waals surface area contributed by atoms with Crippen molar-refractivity contribution in [1.82, 2.24) is 15.2 Å². The molecule has 1 aliphatic rings. The van der Waals surface area contributed by atoms with Gasteiger partial charge < -0.3 is 13.9 Å². The molecule has 6 nitrogen and oxygen atoms in total. The lowest BCUT2D eigenvalue weighted by Gasteiger charge is -2.21. The highest BCUT2D eigenvalue weighted by molar-refractivity contribution is 6.30. The smallest absolute Gasteiger partial charge is 0.276 e. The lowest BCUT2D eigenvalue weighted by Crippen LogP contribution is -2.30. The molecule has 0 radical (unpaired) electrons. The van der Waals surface area contributed by atoms with Gasteiger partial charge in [-0.25, -0.2) is 0 Å². The molecule has 3 aromatic rings. The summed E-state index contributed by atoms with van der Waals surface area (Å²) in [6, 6.07) is 10.6. The number of amides is 1. The number of hydrogen-bond acceptors (Lipinski definition) is 5. The second-order valence-electron chi connectivity index (χ2n) is 6.11. The maximum Gasteiger partial charge on any atom is 0.276 e. The summed E-state index contributed by atoms with van der Waals surface area (Å²) in [6.45, 7) is 2.52. The van der Waals surface area contributed by atoms with Crippen molar-refractivity contribution in [2.45, 2.75) is 25.8 Å². The number of carbonyl (C=O) groups is 1. The van der Waals surface area contributed by atoms with Crippen LogP contribution in [0.1, 0.15) is 40.8 Å². The molecule has 1 amide bonds. The molecule has 1 atom stereocenters. The van der Waals surface area contributed by atoms with Crippen LogP contribution in [0.25, 0.3) is 11.3 Å². The summed E-state index contributed by atoms with van der Waals surface area (Å²) < 4.78 is 10.7. The van der Waals surface area contributed by atoms with Crippen LogP contribution >= 0.6 is 11.6 Å². The standard InChI is InChI=1S/C18H16ClN3O3/c1-11-9-17(25-20-11)15-3-2-8-22(15)18(23)14-10-16(24-21-14)12-4-6-13(19)7-5-12/h4-7,9-10,15H,2-3,8H2,1H3. The molecular weight excluding hydrogens is 342 g/mol. The number of nitrogens with zero attached hydrogens (tertiary/aromatic N) is 3. The topological polar surface area (TPSA) is 72.4 Å². The van der Waals surface area contributed by atoms with Gasteiger partial charge in [0, 0.05) is 29.3 Å². The van der Waals surface area contributed by atoms with Crippen molar-refractivity contribution in [2.24, 2.45) is 0 Å². The van der Waals surface area contributed by atoms with Crippen LogP contribution in [0.4, 0.5) is 0 Å². The van der Waals surface area contributed by atoms with Crippen molar-refractivity contribution in [3.8, 4) is 11.3 Å². The second kappa shape index (κ2) is 6.37. The number of rotatable bonds is 3. The van der Waals surface area contributed by atoms with Crippen LogP contribution in [-0.2, 0) is 0 Å². The maximum absolute atomic E-state index is 12.9. The number of benzene rings is 1. The Morgan fingerprint density at radius 3 is 2.72 bits per heavy atom. The lowest BCUT2D eigenvalue weighted by molar-refractivity contribution is 0.0704. The first-order valence-corrected chi connectivity index (χ1v) is 8.46. The van der Waals surface area contributed by atoms with E-state index >= 15 is 0 Å². The van der Waals surface area contributed by atoms with Crippen LogP contribution in [0.5, 0.6) is 0 Å². The monoisotopic (exact) mass is 357 g/mol. The summed E-state index contributed by atoms with van der Waals surface area (Å²) in [5, 5.41) is 8.51. The molecule has 1 saturated heterocycles. The molecule has 0 saturated carbocycles. The third-order valence-electron chi connectivity index (χ3n) is 4.35. The third kappa shape index (κ3) is 3.05. The van der Waals surface area contributed by atoms with Gasteiger partial charge in [0.15, 0.2) is 17.2 Å². The summed E-state index contributed by atoms with van der Waals surface area (Å²) >= 11 is 5.90. The molecule has 3 heterocycles. The van der Waals surface area contributed by atoms with Crippen LogP contribution in [0.2, 0.25) is 5.02 Å². The fourth-order valence-electron chi connectivity index (χ4n) is 3.12. The van der Waals surface area contributed by atoms with Gasteiger partial charge in [-0.15, -0.1) is 0 Å². The van der Waals surface area contributed by atoms with E-state index in [2.05, 4.69) is 10.3 Å². The second-order valence-corrected chi connectivity index (χ2v) is 6.55. The van der Waals surface area contributed by atoms with Gasteiger partial charge in [-0.1, -0.05) is 21.9 Å². The van der Waals surface area contributed by atoms with Gasteiger partial charge in [-0.05, 0) is 44.0 Å². The fraction of sp³-hybridized carbons (Fsp3) is 0.278. The minimum Gasteiger partial charge on any atom is -0.359 e. The van der Waals surface area contributed by atoms with Gasteiger partial charge in [-0.2, -0.15) is 0 Å². The van der Waals surface area contributed by atoms with Crippen molar-refractivity contribution in [2.75, 3.05) is 6.54 Å². The van der Waals surface area contributed by atoms with Crippen LogP contribution in [-0.4, -0.2) is 27.7 Å². The predicted octanol–water partition coefficient (Wildman–Crippen LogP) is 4.27. The van der Waals surface area contributed by atoms with Gasteiger partial charge in [0.05, 0.1) is 11.7 Å². The Morgan fingerprint density at radius 1 is 1.20 bits per heavy atom. The van der Waals surface area contributed by atoms with Crippen LogP contribution in [0.15, 0.2) is 45.4 Å². The van der Waals surface area contributed by atoms with E-state index in [1.54, 1.807) is 23.1 Å². The van der Waals surface area contributed by atoms with Gasteiger partial charge in [0.1, 0.15) is 0 Å². The molecule has 4 rings (SSSR count). The zero-order valence-corrected chi connectivity index (χ0v) is 14.4. The molecule has 2 aromatic heterocycles. The predicted molar refractivity (Wildman–Crippen MR) is 91.2 cm³/mol. The number of aromatic nitrogens is 2. The van der Waals surface area contributed by atoms with Crippen molar-refractivity contribution in [3.63, 3.8) is 0 Å². The molecule has 1 fully saturated rings. The number of carbonyl (C=O) groups excluding carboxylic acids is 1. The molecule has 7 heteroatoms. The first-order valence-electron chi connectivity index (χ1n) is 8.08. The number of halogens is 1. The zero-order valence-electron chi connectivity index (χ0n) is 13.6. The summed E-state index contributed by atoms with van der Waals surface area (Å²) in [5.41, 5.74) is 1.91. The Morgan fingerprint density at radius 2 is 2.00 bits per heavy atom. The van der Waals surface area contributed by atoms with E-state index < -0.39 is 0 Å². The summed E-state index contributed by atoms with van der Waals surface area (Å²) in [7, 11) is 0. The number of likely N-dealkylation sites (tertiary alicyclic amines) is 1. The highest BCUT2D eigenvalue weighted by Gasteiger charge is 2.34. The normalized spacial score (nSPS) is 17.2.